The van der Waals surface area contributed by atoms with Crippen LogP contribution in [-0.4, -0.2) is 93.4 Å². The van der Waals surface area contributed by atoms with E-state index in [9.17, 15) is 30.0 Å². The highest BCUT2D eigenvalue weighted by molar-refractivity contribution is 5.78. The summed E-state index contributed by atoms with van der Waals surface area (Å²) in [4.78, 5) is 26.1. The quantitative estimate of drug-likeness (QED) is 0.0619. The minimum atomic E-state index is -2.36. The van der Waals surface area contributed by atoms with Gasteiger partial charge in [0.25, 0.3) is 5.79 Å². The first-order valence-electron chi connectivity index (χ1n) is 10.2. The fraction of sp³-hybridized carbons (Fsp3) is 0.789. The van der Waals surface area contributed by atoms with Crippen LogP contribution in [0.4, 0.5) is 0 Å². The van der Waals surface area contributed by atoms with E-state index >= 15 is 0 Å². The first-order valence-corrected chi connectivity index (χ1v) is 10.2. The van der Waals surface area contributed by atoms with Crippen LogP contribution < -0.4 is 5.32 Å². The summed E-state index contributed by atoms with van der Waals surface area (Å²) in [6.07, 6.45) is 1.26. The van der Waals surface area contributed by atoms with E-state index in [1.807, 2.05) is 0 Å². The van der Waals surface area contributed by atoms with Crippen LogP contribution in [0.2, 0.25) is 0 Å². The Bertz CT molecular complexity index is 709. The largest absolute Gasteiger partial charge is 0.477 e. The number of ether oxygens (including phenoxy) is 2. The van der Waals surface area contributed by atoms with Gasteiger partial charge in [0.15, 0.2) is 0 Å². The van der Waals surface area contributed by atoms with Gasteiger partial charge in [-0.2, -0.15) is 0 Å². The Hall–Kier alpha value is -2.43. The van der Waals surface area contributed by atoms with E-state index in [1.165, 1.54) is 0 Å². The highest BCUT2D eigenvalue weighted by atomic mass is 16.7. The number of carboxylic acid groups (broad SMARTS) is 1. The van der Waals surface area contributed by atoms with Gasteiger partial charge in [-0.1, -0.05) is 18.0 Å². The van der Waals surface area contributed by atoms with Crippen molar-refractivity contribution >= 4 is 11.9 Å². The molecule has 13 heteroatoms. The third-order valence-corrected chi connectivity index (χ3v) is 4.98. The molecule has 0 bridgehead atoms. The van der Waals surface area contributed by atoms with Crippen LogP contribution in [-0.2, 0) is 19.1 Å². The summed E-state index contributed by atoms with van der Waals surface area (Å²) in [7, 11) is 0. The molecule has 6 N–H and O–H groups in total. The zero-order valence-corrected chi connectivity index (χ0v) is 17.5. The number of carboxylic acids is 1. The number of nitrogens with one attached hydrogen (secondary N) is 1. The van der Waals surface area contributed by atoms with E-state index in [1.54, 1.807) is 0 Å². The Morgan fingerprint density at radius 1 is 1.34 bits per heavy atom. The van der Waals surface area contributed by atoms with Gasteiger partial charge >= 0.3 is 5.97 Å². The molecule has 1 amide bonds. The van der Waals surface area contributed by atoms with Crippen molar-refractivity contribution in [3.8, 4) is 12.3 Å². The maximum absolute atomic E-state index is 12.0. The van der Waals surface area contributed by atoms with Gasteiger partial charge in [-0.15, -0.1) is 12.3 Å². The zero-order valence-electron chi connectivity index (χ0n) is 17.5. The molecule has 1 saturated heterocycles. The lowest BCUT2D eigenvalue weighted by Gasteiger charge is -2.46. The lowest BCUT2D eigenvalue weighted by Crippen LogP contribution is -2.68. The van der Waals surface area contributed by atoms with Crippen LogP contribution in [0, 0.1) is 12.3 Å². The molecule has 0 aliphatic carbocycles. The number of amides is 1. The average Bonchev–Trinajstić information content (AvgIpc) is 2.77. The van der Waals surface area contributed by atoms with Crippen molar-refractivity contribution in [2.45, 2.75) is 74.8 Å². The molecule has 0 spiro atoms. The summed E-state index contributed by atoms with van der Waals surface area (Å²) >= 11 is 0. The van der Waals surface area contributed by atoms with Crippen molar-refractivity contribution in [3.63, 3.8) is 0 Å². The number of unbranched alkanes of at least 4 members (excludes halogenated alkanes) is 4. The van der Waals surface area contributed by atoms with Crippen molar-refractivity contribution < 1.29 is 44.6 Å². The van der Waals surface area contributed by atoms with E-state index in [0.717, 1.165) is 12.8 Å². The summed E-state index contributed by atoms with van der Waals surface area (Å²) in [6.45, 7) is -1.55. The fourth-order valence-corrected chi connectivity index (χ4v) is 3.31. The van der Waals surface area contributed by atoms with E-state index < -0.39 is 67.7 Å². The van der Waals surface area contributed by atoms with Crippen molar-refractivity contribution in [1.82, 2.24) is 5.32 Å². The predicted molar refractivity (Wildman–Crippen MR) is 109 cm³/mol. The number of carbonyl (C=O) groups is 2. The molecule has 0 aromatic heterocycles. The third kappa shape index (κ3) is 7.92. The standard InChI is InChI=1S/C19H30N4O9/c1-2-3-4-5-6-7-8-31-19(18(29)30)9-12(25)15(22-14(27)11-24)17(32-19)16(28)13(26)10-21-23-20/h1,12-13,15-17,24-26,28H,3-11H2,(H,22,27)(H,29,30)/t12-,13+,15+,16+,17+,19+/m0/s1. The second kappa shape index (κ2) is 13.9. The fourth-order valence-electron chi connectivity index (χ4n) is 3.31. The minimum absolute atomic E-state index is 0.0349. The van der Waals surface area contributed by atoms with E-state index in [0.29, 0.717) is 19.3 Å². The molecule has 32 heavy (non-hydrogen) atoms. The normalized spacial score (nSPS) is 26.9. The Balaban J connectivity index is 3.01. The third-order valence-electron chi connectivity index (χ3n) is 4.98. The predicted octanol–water partition coefficient (Wildman–Crippen LogP) is -0.973. The first kappa shape index (κ1) is 27.6. The van der Waals surface area contributed by atoms with Crippen LogP contribution in [0.3, 0.4) is 0 Å². The Morgan fingerprint density at radius 2 is 2.03 bits per heavy atom. The SMILES string of the molecule is C#CCCCCCCO[C@]1(C(=O)O)C[C@H](O)[C@@H](NC(=O)CO)[C@H]([C@H](O)[C@H](O)CN=[N+]=[N-])O1. The highest BCUT2D eigenvalue weighted by Crippen LogP contribution is 2.33. The van der Waals surface area contributed by atoms with Gasteiger partial charge < -0.3 is 40.3 Å². The zero-order chi connectivity index (χ0) is 24.1. The van der Waals surface area contributed by atoms with Gasteiger partial charge in [0.1, 0.15) is 18.8 Å². The molecule has 0 aromatic carbocycles. The molecule has 0 aromatic rings. The van der Waals surface area contributed by atoms with Crippen molar-refractivity contribution in [2.24, 2.45) is 5.11 Å². The summed E-state index contributed by atoms with van der Waals surface area (Å²) in [6, 6.07) is -1.38. The Kier molecular flexibility index (Phi) is 12.0. The Labute approximate surface area is 185 Å². The minimum Gasteiger partial charge on any atom is -0.477 e. The van der Waals surface area contributed by atoms with Gasteiger partial charge in [-0.05, 0) is 18.4 Å². The summed E-state index contributed by atoms with van der Waals surface area (Å²) in [5, 5.41) is 55.2. The van der Waals surface area contributed by atoms with Gasteiger partial charge in [-0.25, -0.2) is 4.79 Å². The number of aliphatic hydroxyl groups is 4. The number of nitrogens with zero attached hydrogens (tertiary/aromatic N) is 3. The molecule has 0 unspecified atom stereocenters. The molecule has 1 heterocycles. The number of carbonyl (C=O) groups excluding carboxylic acids is 1. The number of aliphatic carboxylic acids is 1. The number of terminal acetylenes is 1. The summed E-state index contributed by atoms with van der Waals surface area (Å²) < 4.78 is 11.0. The number of azide groups is 1. The van der Waals surface area contributed by atoms with E-state index in [-0.39, 0.29) is 6.61 Å². The molecule has 0 saturated carbocycles. The monoisotopic (exact) mass is 458 g/mol. The van der Waals surface area contributed by atoms with E-state index in [2.05, 4.69) is 21.3 Å². The maximum Gasteiger partial charge on any atom is 0.364 e. The smallest absolute Gasteiger partial charge is 0.364 e. The van der Waals surface area contributed by atoms with Crippen LogP contribution in [0.25, 0.3) is 10.4 Å². The molecule has 13 nitrogen and oxygen atoms in total. The van der Waals surface area contributed by atoms with Crippen molar-refractivity contribution in [2.75, 3.05) is 19.8 Å². The van der Waals surface area contributed by atoms with E-state index in [4.69, 9.17) is 26.5 Å². The Morgan fingerprint density at radius 3 is 2.62 bits per heavy atom. The molecular formula is C19H30N4O9. The lowest BCUT2D eigenvalue weighted by atomic mass is 9.88. The molecular weight excluding hydrogens is 428 g/mol. The number of hydrogen-bond donors (Lipinski definition) is 6. The topological polar surface area (TPSA) is 215 Å². The molecule has 6 atom stereocenters. The molecule has 1 aliphatic rings. The van der Waals surface area contributed by atoms with Gasteiger partial charge in [0.05, 0.1) is 31.4 Å². The summed E-state index contributed by atoms with van der Waals surface area (Å²) in [5.41, 5.74) is 8.40. The highest BCUT2D eigenvalue weighted by Gasteiger charge is 2.55. The molecule has 1 rings (SSSR count). The average molecular weight is 458 g/mol. The number of hydrogen-bond acceptors (Lipinski definition) is 9. The second-order valence-corrected chi connectivity index (χ2v) is 7.35. The van der Waals surface area contributed by atoms with Crippen LogP contribution in [0.15, 0.2) is 5.11 Å². The van der Waals surface area contributed by atoms with Crippen molar-refractivity contribution in [3.05, 3.63) is 10.4 Å². The van der Waals surface area contributed by atoms with Gasteiger partial charge in [0.2, 0.25) is 5.91 Å². The van der Waals surface area contributed by atoms with Crippen LogP contribution in [0.5, 0.6) is 0 Å². The molecule has 0 radical (unpaired) electrons. The first-order chi connectivity index (χ1) is 15.2. The van der Waals surface area contributed by atoms with Gasteiger partial charge in [-0.3, -0.25) is 4.79 Å². The van der Waals surface area contributed by atoms with Crippen molar-refractivity contribution in [1.29, 1.82) is 0 Å². The molecule has 180 valence electrons. The molecule has 1 aliphatic heterocycles. The van der Waals surface area contributed by atoms with Crippen LogP contribution >= 0.6 is 0 Å². The van der Waals surface area contributed by atoms with Gasteiger partial charge in [0, 0.05) is 17.8 Å². The lowest BCUT2D eigenvalue weighted by molar-refractivity contribution is -0.310. The summed E-state index contributed by atoms with van der Waals surface area (Å²) in [5.74, 6) is -2.33. The second-order valence-electron chi connectivity index (χ2n) is 7.35. The maximum atomic E-state index is 12.0. The number of aliphatic hydroxyl groups excluding tert-OH is 4. The van der Waals surface area contributed by atoms with Crippen LogP contribution in [0.1, 0.15) is 38.5 Å². The number of rotatable bonds is 14. The molecule has 1 fully saturated rings.